The SMILES string of the molecule is O=C(O)C1(c2ccc(Cl)o2)CCC1. The highest BCUT2D eigenvalue weighted by molar-refractivity contribution is 6.28. The first-order chi connectivity index (χ1) is 6.15. The Morgan fingerprint density at radius 3 is 2.54 bits per heavy atom. The molecule has 4 heteroatoms. The van der Waals surface area contributed by atoms with Gasteiger partial charge >= 0.3 is 5.97 Å². The van der Waals surface area contributed by atoms with Gasteiger partial charge in [0.2, 0.25) is 0 Å². The molecule has 1 aliphatic rings. The molecule has 2 rings (SSSR count). The fourth-order valence-corrected chi connectivity index (χ4v) is 1.81. The Morgan fingerprint density at radius 2 is 2.23 bits per heavy atom. The molecule has 0 saturated heterocycles. The number of carboxylic acids is 1. The van der Waals surface area contributed by atoms with Crippen molar-refractivity contribution in [2.45, 2.75) is 24.7 Å². The van der Waals surface area contributed by atoms with Crippen LogP contribution in [0.2, 0.25) is 5.22 Å². The van der Waals surface area contributed by atoms with Gasteiger partial charge in [-0.05, 0) is 36.6 Å². The summed E-state index contributed by atoms with van der Waals surface area (Å²) >= 11 is 5.59. The first kappa shape index (κ1) is 8.63. The molecule has 0 amide bonds. The first-order valence-electron chi connectivity index (χ1n) is 4.14. The lowest BCUT2D eigenvalue weighted by Crippen LogP contribution is -2.41. The van der Waals surface area contributed by atoms with Crippen LogP contribution in [-0.4, -0.2) is 11.1 Å². The zero-order valence-electron chi connectivity index (χ0n) is 6.92. The summed E-state index contributed by atoms with van der Waals surface area (Å²) in [6.07, 6.45) is 2.23. The van der Waals surface area contributed by atoms with Crippen molar-refractivity contribution < 1.29 is 14.3 Å². The van der Waals surface area contributed by atoms with Gasteiger partial charge in [-0.25, -0.2) is 0 Å². The maximum absolute atomic E-state index is 11.0. The number of rotatable bonds is 2. The minimum absolute atomic E-state index is 0.252. The van der Waals surface area contributed by atoms with Crippen molar-refractivity contribution >= 4 is 17.6 Å². The molecular weight excluding hydrogens is 192 g/mol. The molecule has 1 heterocycles. The average molecular weight is 201 g/mol. The third-order valence-electron chi connectivity index (χ3n) is 2.66. The zero-order chi connectivity index (χ0) is 9.47. The molecule has 3 nitrogen and oxygen atoms in total. The standard InChI is InChI=1S/C9H9ClO3/c10-7-3-2-6(13-7)9(8(11)12)4-1-5-9/h2-3H,1,4-5H2,(H,11,12). The van der Waals surface area contributed by atoms with Crippen LogP contribution in [0.4, 0.5) is 0 Å². The zero-order valence-corrected chi connectivity index (χ0v) is 7.67. The summed E-state index contributed by atoms with van der Waals surface area (Å²) in [5.41, 5.74) is -0.798. The highest BCUT2D eigenvalue weighted by Crippen LogP contribution is 2.44. The maximum Gasteiger partial charge on any atom is 0.317 e. The topological polar surface area (TPSA) is 50.4 Å². The van der Waals surface area contributed by atoms with E-state index in [-0.39, 0.29) is 5.22 Å². The van der Waals surface area contributed by atoms with Crippen molar-refractivity contribution in [3.63, 3.8) is 0 Å². The lowest BCUT2D eigenvalue weighted by Gasteiger charge is -2.35. The summed E-state index contributed by atoms with van der Waals surface area (Å²) < 4.78 is 5.14. The van der Waals surface area contributed by atoms with Crippen molar-refractivity contribution in [1.29, 1.82) is 0 Å². The molecule has 1 saturated carbocycles. The number of carboxylic acid groups (broad SMARTS) is 1. The molecule has 0 spiro atoms. The normalized spacial score (nSPS) is 19.5. The predicted molar refractivity (Wildman–Crippen MR) is 46.9 cm³/mol. The van der Waals surface area contributed by atoms with Gasteiger partial charge in [0.1, 0.15) is 11.2 Å². The van der Waals surface area contributed by atoms with E-state index in [0.29, 0.717) is 18.6 Å². The fourth-order valence-electron chi connectivity index (χ4n) is 1.67. The Hall–Kier alpha value is -0.960. The van der Waals surface area contributed by atoms with E-state index in [4.69, 9.17) is 21.1 Å². The monoisotopic (exact) mass is 200 g/mol. The Bertz CT molecular complexity index is 338. The Morgan fingerprint density at radius 1 is 1.54 bits per heavy atom. The summed E-state index contributed by atoms with van der Waals surface area (Å²) in [7, 11) is 0. The first-order valence-corrected chi connectivity index (χ1v) is 4.52. The molecule has 0 atom stereocenters. The van der Waals surface area contributed by atoms with E-state index in [9.17, 15) is 4.79 Å². The predicted octanol–water partition coefficient (Wildman–Crippen LogP) is 2.44. The molecule has 0 aliphatic heterocycles. The van der Waals surface area contributed by atoms with Crippen LogP contribution in [0.5, 0.6) is 0 Å². The molecule has 1 aromatic rings. The van der Waals surface area contributed by atoms with Crippen LogP contribution >= 0.6 is 11.6 Å². The summed E-state index contributed by atoms with van der Waals surface area (Å²) in [6, 6.07) is 3.23. The molecule has 1 aromatic heterocycles. The number of hydrogen-bond donors (Lipinski definition) is 1. The molecule has 0 unspecified atom stereocenters. The van der Waals surface area contributed by atoms with Crippen LogP contribution in [0.15, 0.2) is 16.5 Å². The second-order valence-corrected chi connectivity index (χ2v) is 3.72. The molecule has 0 bridgehead atoms. The highest BCUT2D eigenvalue weighted by Gasteiger charge is 2.48. The largest absolute Gasteiger partial charge is 0.480 e. The molecule has 1 N–H and O–H groups in total. The number of hydrogen-bond acceptors (Lipinski definition) is 2. The van der Waals surface area contributed by atoms with Crippen LogP contribution < -0.4 is 0 Å². The van der Waals surface area contributed by atoms with E-state index in [2.05, 4.69) is 0 Å². The van der Waals surface area contributed by atoms with E-state index in [0.717, 1.165) is 6.42 Å². The minimum Gasteiger partial charge on any atom is -0.480 e. The van der Waals surface area contributed by atoms with Gasteiger partial charge in [0.15, 0.2) is 5.22 Å². The maximum atomic E-state index is 11.0. The summed E-state index contributed by atoms with van der Waals surface area (Å²) in [5, 5.41) is 9.30. The van der Waals surface area contributed by atoms with Crippen LogP contribution in [0.3, 0.4) is 0 Å². The third-order valence-corrected chi connectivity index (χ3v) is 2.86. The van der Waals surface area contributed by atoms with Gasteiger partial charge in [-0.2, -0.15) is 0 Å². The van der Waals surface area contributed by atoms with Crippen molar-refractivity contribution in [3.05, 3.63) is 23.1 Å². The van der Waals surface area contributed by atoms with E-state index < -0.39 is 11.4 Å². The molecule has 13 heavy (non-hydrogen) atoms. The van der Waals surface area contributed by atoms with Gasteiger partial charge in [0.05, 0.1) is 0 Å². The molecule has 1 fully saturated rings. The van der Waals surface area contributed by atoms with Gasteiger partial charge < -0.3 is 9.52 Å². The van der Waals surface area contributed by atoms with Crippen molar-refractivity contribution in [2.75, 3.05) is 0 Å². The van der Waals surface area contributed by atoms with Crippen LogP contribution in [0, 0.1) is 0 Å². The molecule has 70 valence electrons. The van der Waals surface area contributed by atoms with Gasteiger partial charge in [-0.1, -0.05) is 6.42 Å². The number of carbonyl (C=O) groups is 1. The van der Waals surface area contributed by atoms with Crippen LogP contribution in [0.1, 0.15) is 25.0 Å². The summed E-state index contributed by atoms with van der Waals surface area (Å²) in [5.74, 6) is -0.332. The van der Waals surface area contributed by atoms with Gasteiger partial charge in [-0.15, -0.1) is 0 Å². The van der Waals surface area contributed by atoms with E-state index in [1.165, 1.54) is 0 Å². The van der Waals surface area contributed by atoms with Crippen LogP contribution in [0.25, 0.3) is 0 Å². The molecule has 1 aliphatic carbocycles. The minimum atomic E-state index is -0.815. The average Bonchev–Trinajstić information content (AvgIpc) is 2.32. The fraction of sp³-hybridized carbons (Fsp3) is 0.444. The Labute approximate surface area is 80.3 Å². The van der Waals surface area contributed by atoms with Crippen molar-refractivity contribution in [3.8, 4) is 0 Å². The Balaban J connectivity index is 2.37. The third kappa shape index (κ3) is 1.15. The lowest BCUT2D eigenvalue weighted by molar-refractivity contribution is -0.148. The number of aliphatic carboxylic acids is 1. The summed E-state index contributed by atoms with van der Waals surface area (Å²) in [6.45, 7) is 0. The molecule has 0 aromatic carbocycles. The number of furan rings is 1. The quantitative estimate of drug-likeness (QED) is 0.798. The number of halogens is 1. The Kier molecular flexibility index (Phi) is 1.84. The molecule has 0 radical (unpaired) electrons. The highest BCUT2D eigenvalue weighted by atomic mass is 35.5. The van der Waals surface area contributed by atoms with Crippen molar-refractivity contribution in [1.82, 2.24) is 0 Å². The lowest BCUT2D eigenvalue weighted by atomic mass is 9.67. The summed E-state index contributed by atoms with van der Waals surface area (Å²) in [4.78, 5) is 11.0. The second-order valence-electron chi connectivity index (χ2n) is 3.34. The van der Waals surface area contributed by atoms with E-state index in [1.807, 2.05) is 0 Å². The van der Waals surface area contributed by atoms with Gasteiger partial charge in [-0.3, -0.25) is 4.79 Å². The van der Waals surface area contributed by atoms with Crippen molar-refractivity contribution in [2.24, 2.45) is 0 Å². The second kappa shape index (κ2) is 2.77. The van der Waals surface area contributed by atoms with Gasteiger partial charge in [0, 0.05) is 0 Å². The van der Waals surface area contributed by atoms with Gasteiger partial charge in [0.25, 0.3) is 0 Å². The van der Waals surface area contributed by atoms with E-state index >= 15 is 0 Å². The smallest absolute Gasteiger partial charge is 0.317 e. The molecular formula is C9H9ClO3. The van der Waals surface area contributed by atoms with Crippen LogP contribution in [-0.2, 0) is 10.2 Å². The van der Waals surface area contributed by atoms with E-state index in [1.54, 1.807) is 12.1 Å².